The number of aromatic carboxylic acids is 1. The molecule has 1 N–H and O–H groups in total. The van der Waals surface area contributed by atoms with Crippen molar-refractivity contribution in [2.45, 2.75) is 26.8 Å². The van der Waals surface area contributed by atoms with Crippen molar-refractivity contribution in [3.63, 3.8) is 0 Å². The van der Waals surface area contributed by atoms with Gasteiger partial charge in [0.05, 0.1) is 0 Å². The van der Waals surface area contributed by atoms with Gasteiger partial charge in [-0.1, -0.05) is 11.6 Å². The summed E-state index contributed by atoms with van der Waals surface area (Å²) in [6.45, 7) is 5.99. The molecule has 0 unspecified atom stereocenters. The Bertz CT molecular complexity index is 552. The highest BCUT2D eigenvalue weighted by Crippen LogP contribution is 2.25. The van der Waals surface area contributed by atoms with Crippen LogP contribution in [0.3, 0.4) is 0 Å². The first kappa shape index (κ1) is 10.7. The Morgan fingerprint density at radius 1 is 1.31 bits per heavy atom. The molecule has 0 spiro atoms. The summed E-state index contributed by atoms with van der Waals surface area (Å²) in [4.78, 5) is 11.2. The van der Waals surface area contributed by atoms with Crippen molar-refractivity contribution in [3.8, 4) is 0 Å². The molecule has 84 valence electrons. The van der Waals surface area contributed by atoms with Crippen LogP contribution in [0.2, 0.25) is 0 Å². The molecule has 0 atom stereocenters. The Morgan fingerprint density at radius 2 is 2.00 bits per heavy atom. The van der Waals surface area contributed by atoms with Crippen LogP contribution in [0.15, 0.2) is 24.3 Å². The molecule has 0 radical (unpaired) electrons. The number of nitrogens with zero attached hydrogens (tertiary/aromatic N) is 1. The summed E-state index contributed by atoms with van der Waals surface area (Å²) in [6.07, 6.45) is 0. The van der Waals surface area contributed by atoms with Gasteiger partial charge in [0, 0.05) is 16.9 Å². The minimum atomic E-state index is -0.873. The van der Waals surface area contributed by atoms with Crippen LogP contribution in [0.1, 0.15) is 35.9 Å². The van der Waals surface area contributed by atoms with Gasteiger partial charge in [-0.25, -0.2) is 4.79 Å². The first-order valence-corrected chi connectivity index (χ1v) is 5.35. The Labute approximate surface area is 94.3 Å². The van der Waals surface area contributed by atoms with Crippen LogP contribution >= 0.6 is 0 Å². The first-order valence-electron chi connectivity index (χ1n) is 5.35. The normalized spacial score (nSPS) is 11.2. The van der Waals surface area contributed by atoms with Gasteiger partial charge in [0.2, 0.25) is 0 Å². The van der Waals surface area contributed by atoms with Crippen LogP contribution in [0, 0.1) is 6.92 Å². The maximum absolute atomic E-state index is 11.2. The van der Waals surface area contributed by atoms with Crippen LogP contribution in [-0.4, -0.2) is 15.6 Å². The molecule has 1 heterocycles. The van der Waals surface area contributed by atoms with E-state index in [2.05, 4.69) is 0 Å². The number of rotatable bonds is 2. The number of carbonyl (C=O) groups is 1. The van der Waals surface area contributed by atoms with Crippen LogP contribution in [0.4, 0.5) is 0 Å². The third kappa shape index (κ3) is 1.58. The van der Waals surface area contributed by atoms with E-state index in [9.17, 15) is 4.79 Å². The molecule has 3 heteroatoms. The predicted molar refractivity (Wildman–Crippen MR) is 64.0 cm³/mol. The highest BCUT2D eigenvalue weighted by Gasteiger charge is 2.16. The number of hydrogen-bond acceptors (Lipinski definition) is 1. The summed E-state index contributed by atoms with van der Waals surface area (Å²) in [5.41, 5.74) is 2.49. The summed E-state index contributed by atoms with van der Waals surface area (Å²) in [6, 6.07) is 7.89. The van der Waals surface area contributed by atoms with E-state index >= 15 is 0 Å². The van der Waals surface area contributed by atoms with E-state index in [4.69, 9.17) is 5.11 Å². The van der Waals surface area contributed by atoms with E-state index in [-0.39, 0.29) is 6.04 Å². The van der Waals surface area contributed by atoms with Crippen molar-refractivity contribution in [1.29, 1.82) is 0 Å². The zero-order valence-electron chi connectivity index (χ0n) is 9.69. The Balaban J connectivity index is 2.81. The van der Waals surface area contributed by atoms with E-state index in [0.717, 1.165) is 16.5 Å². The van der Waals surface area contributed by atoms with E-state index in [0.29, 0.717) is 5.69 Å². The summed E-state index contributed by atoms with van der Waals surface area (Å²) in [7, 11) is 0. The maximum atomic E-state index is 11.2. The lowest BCUT2D eigenvalue weighted by Gasteiger charge is -2.12. The van der Waals surface area contributed by atoms with Crippen molar-refractivity contribution < 1.29 is 9.90 Å². The van der Waals surface area contributed by atoms with E-state index in [1.165, 1.54) is 0 Å². The standard InChI is InChI=1S/C13H15NO2/c1-8(2)14-11-5-4-9(3)6-10(11)7-12(14)13(15)16/h4-8H,1-3H3,(H,15,16). The molecule has 0 fully saturated rings. The summed E-state index contributed by atoms with van der Waals surface area (Å²) >= 11 is 0. The third-order valence-electron chi connectivity index (χ3n) is 2.73. The second-order valence-corrected chi connectivity index (χ2v) is 4.36. The zero-order chi connectivity index (χ0) is 11.9. The SMILES string of the molecule is Cc1ccc2c(c1)cc(C(=O)O)n2C(C)C. The molecule has 2 aromatic rings. The molecular weight excluding hydrogens is 202 g/mol. The number of fused-ring (bicyclic) bond motifs is 1. The van der Waals surface area contributed by atoms with Gasteiger partial charge in [0.1, 0.15) is 5.69 Å². The van der Waals surface area contributed by atoms with Gasteiger partial charge in [-0.2, -0.15) is 0 Å². The molecule has 1 aromatic heterocycles. The molecule has 0 aliphatic heterocycles. The molecule has 0 saturated heterocycles. The second kappa shape index (κ2) is 3.67. The highest BCUT2D eigenvalue weighted by atomic mass is 16.4. The molecule has 0 aliphatic carbocycles. The molecule has 2 rings (SSSR count). The molecule has 0 aliphatic rings. The van der Waals surface area contributed by atoms with Gasteiger partial charge < -0.3 is 9.67 Å². The van der Waals surface area contributed by atoms with Crippen molar-refractivity contribution in [3.05, 3.63) is 35.5 Å². The van der Waals surface area contributed by atoms with Crippen LogP contribution < -0.4 is 0 Å². The molecule has 1 aromatic carbocycles. The zero-order valence-corrected chi connectivity index (χ0v) is 9.69. The number of aryl methyl sites for hydroxylation is 1. The highest BCUT2D eigenvalue weighted by molar-refractivity contribution is 5.95. The Hall–Kier alpha value is -1.77. The fraction of sp³-hybridized carbons (Fsp3) is 0.308. The number of hydrogen-bond donors (Lipinski definition) is 1. The van der Waals surface area contributed by atoms with Crippen LogP contribution in [0.5, 0.6) is 0 Å². The lowest BCUT2D eigenvalue weighted by molar-refractivity contribution is 0.0684. The topological polar surface area (TPSA) is 42.2 Å². The minimum Gasteiger partial charge on any atom is -0.477 e. The number of carboxylic acid groups (broad SMARTS) is 1. The predicted octanol–water partition coefficient (Wildman–Crippen LogP) is 3.23. The minimum absolute atomic E-state index is 0.145. The van der Waals surface area contributed by atoms with Gasteiger partial charge in [0.25, 0.3) is 0 Å². The first-order chi connectivity index (χ1) is 7.50. The average molecular weight is 217 g/mol. The fourth-order valence-electron chi connectivity index (χ4n) is 2.08. The molecule has 0 saturated carbocycles. The van der Waals surface area contributed by atoms with E-state index in [1.54, 1.807) is 6.07 Å². The number of benzene rings is 1. The van der Waals surface area contributed by atoms with Crippen LogP contribution in [0.25, 0.3) is 10.9 Å². The number of aromatic nitrogens is 1. The molecular formula is C13H15NO2. The van der Waals surface area contributed by atoms with Crippen LogP contribution in [-0.2, 0) is 0 Å². The molecule has 3 nitrogen and oxygen atoms in total. The molecule has 0 amide bonds. The monoisotopic (exact) mass is 217 g/mol. The molecule has 0 bridgehead atoms. The van der Waals surface area contributed by atoms with Gasteiger partial charge in [-0.3, -0.25) is 0 Å². The van der Waals surface area contributed by atoms with E-state index < -0.39 is 5.97 Å². The van der Waals surface area contributed by atoms with Crippen molar-refractivity contribution in [1.82, 2.24) is 4.57 Å². The third-order valence-corrected chi connectivity index (χ3v) is 2.73. The Kier molecular flexibility index (Phi) is 2.46. The van der Waals surface area contributed by atoms with Gasteiger partial charge in [-0.05, 0) is 39.0 Å². The fourth-order valence-corrected chi connectivity index (χ4v) is 2.08. The lowest BCUT2D eigenvalue weighted by Crippen LogP contribution is -2.10. The van der Waals surface area contributed by atoms with Crippen molar-refractivity contribution >= 4 is 16.9 Å². The number of carboxylic acids is 1. The summed E-state index contributed by atoms with van der Waals surface area (Å²) < 4.78 is 1.86. The van der Waals surface area contributed by atoms with Gasteiger partial charge in [0.15, 0.2) is 0 Å². The summed E-state index contributed by atoms with van der Waals surface area (Å²) in [5.74, 6) is -0.873. The Morgan fingerprint density at radius 3 is 2.56 bits per heavy atom. The quantitative estimate of drug-likeness (QED) is 0.839. The van der Waals surface area contributed by atoms with Gasteiger partial charge in [-0.15, -0.1) is 0 Å². The van der Waals surface area contributed by atoms with Crippen molar-refractivity contribution in [2.75, 3.05) is 0 Å². The van der Waals surface area contributed by atoms with Crippen molar-refractivity contribution in [2.24, 2.45) is 0 Å². The smallest absolute Gasteiger partial charge is 0.352 e. The largest absolute Gasteiger partial charge is 0.477 e. The summed E-state index contributed by atoms with van der Waals surface area (Å²) in [5, 5.41) is 10.2. The van der Waals surface area contributed by atoms with E-state index in [1.807, 2.05) is 43.5 Å². The van der Waals surface area contributed by atoms with Gasteiger partial charge >= 0.3 is 5.97 Å². The lowest BCUT2D eigenvalue weighted by atomic mass is 10.2. The molecule has 16 heavy (non-hydrogen) atoms. The second-order valence-electron chi connectivity index (χ2n) is 4.36. The maximum Gasteiger partial charge on any atom is 0.352 e. The average Bonchev–Trinajstić information content (AvgIpc) is 2.55.